The average Bonchev–Trinajstić information content (AvgIpc) is 3.24. The van der Waals surface area contributed by atoms with Gasteiger partial charge in [0.1, 0.15) is 18.0 Å². The van der Waals surface area contributed by atoms with E-state index in [9.17, 15) is 4.79 Å². The van der Waals surface area contributed by atoms with Crippen molar-refractivity contribution in [3.63, 3.8) is 0 Å². The number of carbonyl (C=O) groups excluding carboxylic acids is 1. The van der Waals surface area contributed by atoms with E-state index in [1.807, 2.05) is 27.8 Å². The number of amides is 1. The standard InChI is InChI=1S/C20H32N6O3/c1-8-26-16-15(23-18(26)24(7)13(2)3)17(22-12-21-16)28-14-9-10-25(11-14)19(27)29-20(4,5)6/h12-14H,8-11H2,1-7H3/t14-/m0/s1. The zero-order valence-electron chi connectivity index (χ0n) is 18.5. The number of rotatable bonds is 5. The van der Waals surface area contributed by atoms with Gasteiger partial charge in [-0.2, -0.15) is 4.98 Å². The van der Waals surface area contributed by atoms with Gasteiger partial charge in [0.15, 0.2) is 11.2 Å². The van der Waals surface area contributed by atoms with Crippen LogP contribution in [0.3, 0.4) is 0 Å². The maximum atomic E-state index is 12.3. The van der Waals surface area contributed by atoms with E-state index in [0.717, 1.165) is 24.6 Å². The highest BCUT2D eigenvalue weighted by Crippen LogP contribution is 2.28. The van der Waals surface area contributed by atoms with Gasteiger partial charge in [-0.25, -0.2) is 14.8 Å². The third-order valence-electron chi connectivity index (χ3n) is 4.96. The van der Waals surface area contributed by atoms with E-state index in [2.05, 4.69) is 40.2 Å². The number of nitrogens with zero attached hydrogens (tertiary/aromatic N) is 6. The minimum atomic E-state index is -0.513. The van der Waals surface area contributed by atoms with Crippen molar-refractivity contribution in [3.8, 4) is 5.88 Å². The number of imidazole rings is 1. The van der Waals surface area contributed by atoms with Crippen LogP contribution in [-0.2, 0) is 11.3 Å². The molecule has 1 atom stereocenters. The van der Waals surface area contributed by atoms with Crippen LogP contribution in [0.25, 0.3) is 11.2 Å². The van der Waals surface area contributed by atoms with Crippen LogP contribution in [0.2, 0.25) is 0 Å². The van der Waals surface area contributed by atoms with Crippen LogP contribution in [-0.4, -0.2) is 68.4 Å². The van der Waals surface area contributed by atoms with E-state index < -0.39 is 5.60 Å². The van der Waals surface area contributed by atoms with Gasteiger partial charge in [-0.15, -0.1) is 0 Å². The van der Waals surface area contributed by atoms with Crippen LogP contribution in [0.4, 0.5) is 10.7 Å². The molecule has 1 fully saturated rings. The van der Waals surface area contributed by atoms with Crippen molar-refractivity contribution in [2.75, 3.05) is 25.0 Å². The first-order valence-electron chi connectivity index (χ1n) is 10.2. The van der Waals surface area contributed by atoms with E-state index in [1.54, 1.807) is 4.90 Å². The third-order valence-corrected chi connectivity index (χ3v) is 4.96. The number of hydrogen-bond acceptors (Lipinski definition) is 7. The second-order valence-electron chi connectivity index (χ2n) is 8.67. The Balaban J connectivity index is 1.80. The Morgan fingerprint density at radius 1 is 1.34 bits per heavy atom. The quantitative estimate of drug-likeness (QED) is 0.757. The lowest BCUT2D eigenvalue weighted by Crippen LogP contribution is -2.36. The van der Waals surface area contributed by atoms with Crippen LogP contribution in [0, 0.1) is 0 Å². The number of aryl methyl sites for hydroxylation is 1. The van der Waals surface area contributed by atoms with Crippen LogP contribution in [0.5, 0.6) is 5.88 Å². The molecule has 29 heavy (non-hydrogen) atoms. The van der Waals surface area contributed by atoms with Crippen molar-refractivity contribution < 1.29 is 14.3 Å². The van der Waals surface area contributed by atoms with Crippen LogP contribution in [0.1, 0.15) is 48.0 Å². The first-order valence-corrected chi connectivity index (χ1v) is 10.2. The van der Waals surface area contributed by atoms with Crippen molar-refractivity contribution in [2.45, 2.75) is 72.3 Å². The smallest absolute Gasteiger partial charge is 0.410 e. The Labute approximate surface area is 172 Å². The van der Waals surface area contributed by atoms with Crippen molar-refractivity contribution in [3.05, 3.63) is 6.33 Å². The van der Waals surface area contributed by atoms with Gasteiger partial charge in [0.2, 0.25) is 11.8 Å². The molecule has 0 spiro atoms. The van der Waals surface area contributed by atoms with Gasteiger partial charge in [0.05, 0.1) is 6.54 Å². The molecule has 1 amide bonds. The molecule has 9 nitrogen and oxygen atoms in total. The molecule has 0 saturated carbocycles. The Morgan fingerprint density at radius 3 is 2.69 bits per heavy atom. The third kappa shape index (κ3) is 4.54. The number of anilines is 1. The van der Waals surface area contributed by atoms with Gasteiger partial charge >= 0.3 is 6.09 Å². The Kier molecular flexibility index (Phi) is 5.86. The molecule has 0 unspecified atom stereocenters. The molecule has 0 N–H and O–H groups in total. The molecule has 0 aliphatic carbocycles. The number of likely N-dealkylation sites (tertiary alicyclic amines) is 1. The Morgan fingerprint density at radius 2 is 2.07 bits per heavy atom. The summed E-state index contributed by atoms with van der Waals surface area (Å²) in [7, 11) is 2.02. The van der Waals surface area contributed by atoms with Crippen molar-refractivity contribution in [2.24, 2.45) is 0 Å². The normalized spacial score (nSPS) is 17.2. The molecule has 0 radical (unpaired) electrons. The van der Waals surface area contributed by atoms with Crippen LogP contribution < -0.4 is 9.64 Å². The fourth-order valence-electron chi connectivity index (χ4n) is 3.26. The summed E-state index contributed by atoms with van der Waals surface area (Å²) in [5.74, 6) is 1.29. The number of ether oxygens (including phenoxy) is 2. The van der Waals surface area contributed by atoms with Gasteiger partial charge < -0.3 is 19.3 Å². The lowest BCUT2D eigenvalue weighted by atomic mass is 10.2. The molecule has 0 bridgehead atoms. The monoisotopic (exact) mass is 404 g/mol. The summed E-state index contributed by atoms with van der Waals surface area (Å²) in [6.07, 6.45) is 1.76. The highest BCUT2D eigenvalue weighted by molar-refractivity contribution is 5.79. The summed E-state index contributed by atoms with van der Waals surface area (Å²) in [6, 6.07) is 0.298. The van der Waals surface area contributed by atoms with Gasteiger partial charge in [0, 0.05) is 32.6 Å². The number of carbonyl (C=O) groups is 1. The molecule has 9 heteroatoms. The fraction of sp³-hybridized carbons (Fsp3) is 0.700. The number of fused-ring (bicyclic) bond motifs is 1. The van der Waals surface area contributed by atoms with E-state index in [1.165, 1.54) is 6.33 Å². The van der Waals surface area contributed by atoms with Crippen molar-refractivity contribution in [1.29, 1.82) is 0 Å². The fourth-order valence-corrected chi connectivity index (χ4v) is 3.26. The van der Waals surface area contributed by atoms with Crippen LogP contribution in [0.15, 0.2) is 6.33 Å². The SMILES string of the molecule is CCn1c(N(C)C(C)C)nc2c(O[C@H]3CCN(C(=O)OC(C)(C)C)C3)ncnc21. The summed E-state index contributed by atoms with van der Waals surface area (Å²) in [4.78, 5) is 29.6. The maximum absolute atomic E-state index is 12.3. The van der Waals surface area contributed by atoms with E-state index in [0.29, 0.717) is 30.5 Å². The van der Waals surface area contributed by atoms with E-state index in [-0.39, 0.29) is 12.2 Å². The molecule has 1 saturated heterocycles. The maximum Gasteiger partial charge on any atom is 0.410 e. The molecule has 1 aliphatic heterocycles. The highest BCUT2D eigenvalue weighted by atomic mass is 16.6. The van der Waals surface area contributed by atoms with Crippen molar-refractivity contribution >= 4 is 23.2 Å². The van der Waals surface area contributed by atoms with Gasteiger partial charge in [-0.05, 0) is 41.5 Å². The molecule has 3 rings (SSSR count). The number of hydrogen-bond donors (Lipinski definition) is 0. The van der Waals surface area contributed by atoms with Gasteiger partial charge in [-0.1, -0.05) is 0 Å². The zero-order chi connectivity index (χ0) is 21.3. The van der Waals surface area contributed by atoms with Crippen LogP contribution >= 0.6 is 0 Å². The topological polar surface area (TPSA) is 85.6 Å². The predicted octanol–water partition coefficient (Wildman–Crippen LogP) is 3.08. The Bertz CT molecular complexity index is 873. The molecule has 0 aromatic carbocycles. The minimum absolute atomic E-state index is 0.154. The molecule has 2 aromatic heterocycles. The van der Waals surface area contributed by atoms with E-state index >= 15 is 0 Å². The highest BCUT2D eigenvalue weighted by Gasteiger charge is 2.32. The Hall–Kier alpha value is -2.58. The summed E-state index contributed by atoms with van der Waals surface area (Å²) in [6.45, 7) is 13.7. The molecular weight excluding hydrogens is 372 g/mol. The molecule has 2 aromatic rings. The molecular formula is C20H32N6O3. The average molecular weight is 405 g/mol. The van der Waals surface area contributed by atoms with E-state index in [4.69, 9.17) is 14.5 Å². The predicted molar refractivity (Wildman–Crippen MR) is 111 cm³/mol. The zero-order valence-corrected chi connectivity index (χ0v) is 18.5. The second-order valence-corrected chi connectivity index (χ2v) is 8.67. The molecule has 160 valence electrons. The number of aromatic nitrogens is 4. The first-order chi connectivity index (χ1) is 13.6. The van der Waals surface area contributed by atoms with Gasteiger partial charge in [-0.3, -0.25) is 4.57 Å². The lowest BCUT2D eigenvalue weighted by molar-refractivity contribution is 0.0275. The second kappa shape index (κ2) is 8.04. The molecule has 3 heterocycles. The molecule has 1 aliphatic rings. The minimum Gasteiger partial charge on any atom is -0.471 e. The summed E-state index contributed by atoms with van der Waals surface area (Å²) in [5, 5.41) is 0. The summed E-state index contributed by atoms with van der Waals surface area (Å²) >= 11 is 0. The lowest BCUT2D eigenvalue weighted by Gasteiger charge is -2.24. The first kappa shape index (κ1) is 21.1. The summed E-state index contributed by atoms with van der Waals surface area (Å²) in [5.41, 5.74) is 0.885. The summed E-state index contributed by atoms with van der Waals surface area (Å²) < 4.78 is 13.7. The van der Waals surface area contributed by atoms with Gasteiger partial charge in [0.25, 0.3) is 0 Å². The largest absolute Gasteiger partial charge is 0.471 e. The van der Waals surface area contributed by atoms with Crippen molar-refractivity contribution in [1.82, 2.24) is 24.4 Å².